The van der Waals surface area contributed by atoms with Crippen LogP contribution in [0.3, 0.4) is 0 Å². The third-order valence-corrected chi connectivity index (χ3v) is 6.52. The van der Waals surface area contributed by atoms with Crippen LogP contribution in [-0.2, 0) is 11.3 Å². The molecule has 4 nitrogen and oxygen atoms in total. The summed E-state index contributed by atoms with van der Waals surface area (Å²) in [5, 5.41) is 3.32. The van der Waals surface area contributed by atoms with Crippen molar-refractivity contribution in [2.75, 3.05) is 33.3 Å². The van der Waals surface area contributed by atoms with Gasteiger partial charge in [0.2, 0.25) is 0 Å². The third kappa shape index (κ3) is 4.53. The first-order chi connectivity index (χ1) is 11.1. The van der Waals surface area contributed by atoms with Crippen LogP contribution in [-0.4, -0.2) is 60.2 Å². The van der Waals surface area contributed by atoms with Gasteiger partial charge in [-0.05, 0) is 65.1 Å². The molecule has 1 spiro atoms. The van der Waals surface area contributed by atoms with Gasteiger partial charge in [-0.15, -0.1) is 11.3 Å². The maximum absolute atomic E-state index is 6.26. The second-order valence-corrected chi connectivity index (χ2v) is 8.69. The molecule has 2 saturated heterocycles. The van der Waals surface area contributed by atoms with E-state index >= 15 is 0 Å². The number of likely N-dealkylation sites (tertiary alicyclic amines) is 1. The number of hydrogen-bond donors (Lipinski definition) is 0. The smallest absolute Gasteiger partial charge is 0.107 e. The van der Waals surface area contributed by atoms with E-state index in [2.05, 4.69) is 41.1 Å². The van der Waals surface area contributed by atoms with Gasteiger partial charge in [0, 0.05) is 24.2 Å². The molecule has 0 saturated carbocycles. The van der Waals surface area contributed by atoms with Crippen molar-refractivity contribution in [1.82, 2.24) is 14.8 Å². The number of piperidine rings is 1. The summed E-state index contributed by atoms with van der Waals surface area (Å²) >= 11 is 1.77. The Morgan fingerprint density at radius 2 is 2.17 bits per heavy atom. The molecule has 2 aliphatic heterocycles. The van der Waals surface area contributed by atoms with Gasteiger partial charge >= 0.3 is 0 Å². The Bertz CT molecular complexity index is 459. The number of thiazole rings is 1. The van der Waals surface area contributed by atoms with Crippen molar-refractivity contribution in [3.8, 4) is 0 Å². The van der Waals surface area contributed by atoms with Gasteiger partial charge in [-0.25, -0.2) is 4.98 Å². The molecular formula is C18H31N3OS. The Balaban J connectivity index is 1.43. The van der Waals surface area contributed by atoms with E-state index in [4.69, 9.17) is 4.74 Å². The van der Waals surface area contributed by atoms with Gasteiger partial charge in [0.25, 0.3) is 0 Å². The van der Waals surface area contributed by atoms with Crippen molar-refractivity contribution >= 4 is 11.3 Å². The zero-order valence-corrected chi connectivity index (χ0v) is 15.6. The van der Waals surface area contributed by atoms with Gasteiger partial charge in [0.15, 0.2) is 0 Å². The number of hydrogen-bond acceptors (Lipinski definition) is 5. The molecule has 2 fully saturated rings. The Labute approximate surface area is 144 Å². The predicted molar refractivity (Wildman–Crippen MR) is 95.8 cm³/mol. The number of ether oxygens (including phenoxy) is 1. The Kier molecular flexibility index (Phi) is 5.73. The average Bonchev–Trinajstić information content (AvgIpc) is 3.05. The van der Waals surface area contributed by atoms with E-state index in [1.54, 1.807) is 11.3 Å². The molecule has 3 heterocycles. The fourth-order valence-electron chi connectivity index (χ4n) is 3.70. The van der Waals surface area contributed by atoms with E-state index < -0.39 is 0 Å². The van der Waals surface area contributed by atoms with Crippen molar-refractivity contribution in [2.24, 2.45) is 5.41 Å². The highest BCUT2D eigenvalue weighted by atomic mass is 32.1. The van der Waals surface area contributed by atoms with Crippen LogP contribution < -0.4 is 0 Å². The minimum absolute atomic E-state index is 0.432. The monoisotopic (exact) mass is 337 g/mol. The SMILES string of the molecule is CC(C)N(C)CC1CCC2(CCN(Cc3nccs3)CC2)CO1. The van der Waals surface area contributed by atoms with Crippen LogP contribution in [0.15, 0.2) is 11.6 Å². The van der Waals surface area contributed by atoms with Crippen LogP contribution in [0.5, 0.6) is 0 Å². The van der Waals surface area contributed by atoms with Crippen molar-refractivity contribution in [3.63, 3.8) is 0 Å². The lowest BCUT2D eigenvalue weighted by molar-refractivity contribution is -0.0946. The van der Waals surface area contributed by atoms with Gasteiger partial charge < -0.3 is 9.64 Å². The fourth-order valence-corrected chi connectivity index (χ4v) is 4.35. The van der Waals surface area contributed by atoms with Gasteiger partial charge in [0.05, 0.1) is 19.3 Å². The highest BCUT2D eigenvalue weighted by Gasteiger charge is 2.39. The van der Waals surface area contributed by atoms with Crippen molar-refractivity contribution in [3.05, 3.63) is 16.6 Å². The van der Waals surface area contributed by atoms with Gasteiger partial charge in [0.1, 0.15) is 5.01 Å². The van der Waals surface area contributed by atoms with E-state index in [0.717, 1.165) is 19.7 Å². The summed E-state index contributed by atoms with van der Waals surface area (Å²) in [7, 11) is 2.20. The lowest BCUT2D eigenvalue weighted by atomic mass is 9.73. The lowest BCUT2D eigenvalue weighted by Gasteiger charge is -2.46. The Morgan fingerprint density at radius 3 is 2.74 bits per heavy atom. The van der Waals surface area contributed by atoms with E-state index in [0.29, 0.717) is 17.6 Å². The highest BCUT2D eigenvalue weighted by molar-refractivity contribution is 7.09. The minimum Gasteiger partial charge on any atom is -0.376 e. The summed E-state index contributed by atoms with van der Waals surface area (Å²) in [6.45, 7) is 9.96. The second kappa shape index (κ2) is 7.60. The molecule has 1 aromatic heterocycles. The van der Waals surface area contributed by atoms with E-state index in [-0.39, 0.29) is 0 Å². The number of rotatable bonds is 5. The van der Waals surface area contributed by atoms with Gasteiger partial charge in [-0.2, -0.15) is 0 Å². The number of aromatic nitrogens is 1. The van der Waals surface area contributed by atoms with Gasteiger partial charge in [-0.3, -0.25) is 4.90 Å². The van der Waals surface area contributed by atoms with Crippen LogP contribution in [0, 0.1) is 5.41 Å². The number of nitrogens with zero attached hydrogens (tertiary/aromatic N) is 3. The standard InChI is InChI=1S/C18H31N3OS/c1-15(2)20(3)12-16-4-5-18(14-22-16)6-9-21(10-7-18)13-17-19-8-11-23-17/h8,11,15-16H,4-7,9-10,12-14H2,1-3H3. The van der Waals surface area contributed by atoms with Crippen LogP contribution in [0.4, 0.5) is 0 Å². The van der Waals surface area contributed by atoms with Gasteiger partial charge in [-0.1, -0.05) is 0 Å². The van der Waals surface area contributed by atoms with E-state index in [1.807, 2.05) is 6.20 Å². The molecule has 0 radical (unpaired) electrons. The maximum atomic E-state index is 6.26. The molecule has 1 aromatic rings. The molecular weight excluding hydrogens is 306 g/mol. The van der Waals surface area contributed by atoms with Crippen molar-refractivity contribution in [2.45, 2.75) is 58.2 Å². The molecule has 23 heavy (non-hydrogen) atoms. The zero-order chi connectivity index (χ0) is 16.3. The number of likely N-dealkylation sites (N-methyl/N-ethyl adjacent to an activating group) is 1. The third-order valence-electron chi connectivity index (χ3n) is 5.75. The second-order valence-electron chi connectivity index (χ2n) is 7.71. The summed E-state index contributed by atoms with van der Waals surface area (Å²) in [4.78, 5) is 9.37. The molecule has 2 aliphatic rings. The van der Waals surface area contributed by atoms with Crippen LogP contribution in [0.1, 0.15) is 44.5 Å². The first kappa shape index (κ1) is 17.3. The lowest BCUT2D eigenvalue weighted by Crippen LogP contribution is -2.47. The normalized spacial score (nSPS) is 25.5. The highest BCUT2D eigenvalue weighted by Crippen LogP contribution is 2.40. The van der Waals surface area contributed by atoms with E-state index in [9.17, 15) is 0 Å². The molecule has 0 N–H and O–H groups in total. The molecule has 1 atom stereocenters. The fraction of sp³-hybridized carbons (Fsp3) is 0.833. The van der Waals surface area contributed by atoms with E-state index in [1.165, 1.54) is 43.8 Å². The molecule has 5 heteroatoms. The summed E-state index contributed by atoms with van der Waals surface area (Å²) in [6.07, 6.45) is 7.48. The zero-order valence-electron chi connectivity index (χ0n) is 14.8. The largest absolute Gasteiger partial charge is 0.376 e. The Hall–Kier alpha value is -0.490. The quantitative estimate of drug-likeness (QED) is 0.825. The Morgan fingerprint density at radius 1 is 1.39 bits per heavy atom. The van der Waals surface area contributed by atoms with Crippen LogP contribution in [0.25, 0.3) is 0 Å². The summed E-state index contributed by atoms with van der Waals surface area (Å²) in [6, 6.07) is 0.601. The molecule has 0 bridgehead atoms. The molecule has 0 aromatic carbocycles. The first-order valence-corrected chi connectivity index (χ1v) is 9.87. The topological polar surface area (TPSA) is 28.6 Å². The summed E-state index contributed by atoms with van der Waals surface area (Å²) in [5.74, 6) is 0. The molecule has 130 valence electrons. The molecule has 0 amide bonds. The summed E-state index contributed by atoms with van der Waals surface area (Å²) in [5.41, 5.74) is 0.451. The molecule has 1 unspecified atom stereocenters. The van der Waals surface area contributed by atoms with Crippen molar-refractivity contribution < 1.29 is 4.74 Å². The molecule has 3 rings (SSSR count). The first-order valence-electron chi connectivity index (χ1n) is 8.99. The predicted octanol–water partition coefficient (Wildman–Crippen LogP) is 3.24. The average molecular weight is 338 g/mol. The van der Waals surface area contributed by atoms with Crippen molar-refractivity contribution in [1.29, 1.82) is 0 Å². The molecule has 0 aliphatic carbocycles. The van der Waals surface area contributed by atoms with Crippen LogP contribution >= 0.6 is 11.3 Å². The maximum Gasteiger partial charge on any atom is 0.107 e. The minimum atomic E-state index is 0.432. The summed E-state index contributed by atoms with van der Waals surface area (Å²) < 4.78 is 6.26. The van der Waals surface area contributed by atoms with Crippen LogP contribution in [0.2, 0.25) is 0 Å².